The summed E-state index contributed by atoms with van der Waals surface area (Å²) in [7, 11) is 6.52. The Morgan fingerprint density at radius 1 is 0.577 bits per heavy atom. The molecule has 3 aliphatic rings. The second-order valence-electron chi connectivity index (χ2n) is 13.6. The molecule has 0 amide bonds. The fourth-order valence-electron chi connectivity index (χ4n) is 8.82. The number of aliphatic imine (C=N–C) groups is 2. The molecule has 0 bridgehead atoms. The number of fused-ring (bicyclic) bond motifs is 6. The number of hydrogen-bond acceptors (Lipinski definition) is 8. The molecular formula is C42H40N4O6. The van der Waals surface area contributed by atoms with Crippen LogP contribution in [0.4, 0.5) is 0 Å². The van der Waals surface area contributed by atoms with E-state index >= 15 is 0 Å². The number of phenolic OH excluding ortho intramolecular Hbond substituents is 2. The first kappa shape index (κ1) is 32.0. The second kappa shape index (κ2) is 12.4. The lowest BCUT2D eigenvalue weighted by molar-refractivity contribution is 0.366. The van der Waals surface area contributed by atoms with Crippen molar-refractivity contribution in [2.24, 2.45) is 9.98 Å². The van der Waals surface area contributed by atoms with Gasteiger partial charge in [0.2, 0.25) is 0 Å². The number of para-hydroxylation sites is 2. The first-order chi connectivity index (χ1) is 25.4. The predicted octanol–water partition coefficient (Wildman–Crippen LogP) is 7.40. The van der Waals surface area contributed by atoms with Gasteiger partial charge in [-0.2, -0.15) is 0 Å². The lowest BCUT2D eigenvalue weighted by atomic mass is 9.90. The van der Waals surface area contributed by atoms with Gasteiger partial charge in [-0.3, -0.25) is 9.98 Å². The highest BCUT2D eigenvalue weighted by atomic mass is 16.5. The van der Waals surface area contributed by atoms with E-state index in [2.05, 4.69) is 33.4 Å². The quantitative estimate of drug-likeness (QED) is 0.188. The van der Waals surface area contributed by atoms with E-state index in [1.165, 1.54) is 11.1 Å². The standard InChI is InChI=1S/C42H40N4O6/c1-49-23-11-13-25-27-15-17-43-31-22-36(30-8-6-10-38(52-4)42(30)48)46-34-20-24(50-2)12-14-26(34)28-16-18-44-32(40(28)46)21-35(45(39(27)31)33(25)19-23)29-7-5-9-37(51-3)41(29)47/h5-14,19-20,35-36,47-48H,15-18,21-22H2,1-4H3. The van der Waals surface area contributed by atoms with Gasteiger partial charge in [0, 0.05) is 60.0 Å². The van der Waals surface area contributed by atoms with Crippen LogP contribution in [0.3, 0.4) is 0 Å². The van der Waals surface area contributed by atoms with Crippen molar-refractivity contribution >= 4 is 33.2 Å². The molecule has 5 heterocycles. The van der Waals surface area contributed by atoms with Gasteiger partial charge in [0.25, 0.3) is 0 Å². The average Bonchev–Trinajstić information content (AvgIpc) is 3.69. The fourth-order valence-corrected chi connectivity index (χ4v) is 8.82. The van der Waals surface area contributed by atoms with E-state index < -0.39 is 0 Å². The Bertz CT molecular complexity index is 2300. The summed E-state index contributed by atoms with van der Waals surface area (Å²) >= 11 is 0. The first-order valence-corrected chi connectivity index (χ1v) is 17.7. The van der Waals surface area contributed by atoms with E-state index in [0.29, 0.717) is 37.4 Å². The van der Waals surface area contributed by atoms with Gasteiger partial charge < -0.3 is 38.3 Å². The molecule has 2 unspecified atom stereocenters. The van der Waals surface area contributed by atoms with E-state index in [1.54, 1.807) is 40.6 Å². The van der Waals surface area contributed by atoms with Gasteiger partial charge >= 0.3 is 0 Å². The highest BCUT2D eigenvalue weighted by Gasteiger charge is 2.38. The number of phenols is 2. The molecule has 0 saturated carbocycles. The van der Waals surface area contributed by atoms with Crippen molar-refractivity contribution in [2.75, 3.05) is 41.5 Å². The molecule has 2 N–H and O–H groups in total. The molecule has 0 saturated heterocycles. The maximum Gasteiger partial charge on any atom is 0.163 e. The Labute approximate surface area is 301 Å². The summed E-state index contributed by atoms with van der Waals surface area (Å²) in [5.74, 6) is 2.50. The van der Waals surface area contributed by atoms with Crippen molar-refractivity contribution in [3.63, 3.8) is 0 Å². The second-order valence-corrected chi connectivity index (χ2v) is 13.6. The number of aromatic hydroxyl groups is 2. The van der Waals surface area contributed by atoms with Gasteiger partial charge in [-0.05, 0) is 60.4 Å². The highest BCUT2D eigenvalue weighted by molar-refractivity contribution is 6.10. The number of nitrogens with zero attached hydrogens (tertiary/aromatic N) is 4. The molecule has 6 aromatic rings. The molecule has 264 valence electrons. The van der Waals surface area contributed by atoms with Gasteiger partial charge in [-0.25, -0.2) is 0 Å². The van der Waals surface area contributed by atoms with Crippen LogP contribution in [0.1, 0.15) is 58.6 Å². The van der Waals surface area contributed by atoms with Crippen molar-refractivity contribution in [3.05, 3.63) is 106 Å². The summed E-state index contributed by atoms with van der Waals surface area (Å²) in [5, 5.41) is 25.9. The molecule has 0 radical (unpaired) electrons. The summed E-state index contributed by atoms with van der Waals surface area (Å²) in [6.07, 6.45) is 2.47. The predicted molar refractivity (Wildman–Crippen MR) is 202 cm³/mol. The number of rotatable bonds is 6. The first-order valence-electron chi connectivity index (χ1n) is 17.7. The van der Waals surface area contributed by atoms with Crippen LogP contribution in [0, 0.1) is 0 Å². The van der Waals surface area contributed by atoms with Gasteiger partial charge in [-0.15, -0.1) is 0 Å². The van der Waals surface area contributed by atoms with Crippen LogP contribution in [-0.4, -0.2) is 72.3 Å². The zero-order chi connectivity index (χ0) is 35.7. The summed E-state index contributed by atoms with van der Waals surface area (Å²) < 4.78 is 27.6. The average molecular weight is 697 g/mol. The van der Waals surface area contributed by atoms with Crippen molar-refractivity contribution in [2.45, 2.75) is 37.8 Å². The topological polar surface area (TPSA) is 112 Å². The summed E-state index contributed by atoms with van der Waals surface area (Å²) in [6.45, 7) is 1.26. The summed E-state index contributed by atoms with van der Waals surface area (Å²) in [6, 6.07) is 23.1. The molecule has 9 rings (SSSR count). The molecular weight excluding hydrogens is 656 g/mol. The van der Waals surface area contributed by atoms with E-state index in [9.17, 15) is 10.2 Å². The molecule has 10 nitrogen and oxygen atoms in total. The number of ether oxygens (including phenoxy) is 4. The van der Waals surface area contributed by atoms with Crippen LogP contribution >= 0.6 is 0 Å². The Morgan fingerprint density at radius 2 is 1.02 bits per heavy atom. The lowest BCUT2D eigenvalue weighted by Crippen LogP contribution is -2.30. The van der Waals surface area contributed by atoms with E-state index in [4.69, 9.17) is 28.9 Å². The van der Waals surface area contributed by atoms with Crippen LogP contribution < -0.4 is 18.9 Å². The fraction of sp³-hybridized carbons (Fsp3) is 0.286. The van der Waals surface area contributed by atoms with E-state index in [1.807, 2.05) is 36.4 Å². The van der Waals surface area contributed by atoms with Crippen molar-refractivity contribution in [1.82, 2.24) is 9.13 Å². The molecule has 10 heteroatoms. The smallest absolute Gasteiger partial charge is 0.163 e. The van der Waals surface area contributed by atoms with Crippen LogP contribution in [0.2, 0.25) is 0 Å². The Hall–Kier alpha value is -5.90. The molecule has 2 aromatic heterocycles. The number of methoxy groups -OCH3 is 4. The third-order valence-electron chi connectivity index (χ3n) is 11.1. The minimum atomic E-state index is -0.385. The van der Waals surface area contributed by atoms with Crippen LogP contribution in [0.5, 0.6) is 34.5 Å². The zero-order valence-electron chi connectivity index (χ0n) is 29.6. The Morgan fingerprint density at radius 3 is 1.42 bits per heavy atom. The minimum Gasteiger partial charge on any atom is -0.504 e. The number of aromatic nitrogens is 2. The van der Waals surface area contributed by atoms with Gasteiger partial charge in [0.1, 0.15) is 11.5 Å². The largest absolute Gasteiger partial charge is 0.504 e. The van der Waals surface area contributed by atoms with Crippen molar-refractivity contribution in [3.8, 4) is 34.5 Å². The minimum absolute atomic E-state index is 0.0981. The van der Waals surface area contributed by atoms with Crippen molar-refractivity contribution < 1.29 is 29.2 Å². The number of hydrogen-bond donors (Lipinski definition) is 2. The zero-order valence-corrected chi connectivity index (χ0v) is 29.6. The van der Waals surface area contributed by atoms with Crippen LogP contribution in [-0.2, 0) is 12.8 Å². The Balaban J connectivity index is 1.42. The van der Waals surface area contributed by atoms with Crippen LogP contribution in [0.15, 0.2) is 82.8 Å². The summed E-state index contributed by atoms with van der Waals surface area (Å²) in [4.78, 5) is 10.6. The SMILES string of the molecule is COc1ccc2c3c4n(c2c1)C(c1cccc(OC)c1O)CC1=NCCc2c1n(c1cc(OC)ccc21)C(c1cccc(OC)c1O)CC4=NCC3. The third-order valence-corrected chi connectivity index (χ3v) is 11.1. The monoisotopic (exact) mass is 696 g/mol. The maximum atomic E-state index is 11.8. The number of benzene rings is 4. The van der Waals surface area contributed by atoms with Gasteiger partial charge in [0.05, 0.1) is 74.4 Å². The van der Waals surface area contributed by atoms with E-state index in [-0.39, 0.29) is 23.6 Å². The summed E-state index contributed by atoms with van der Waals surface area (Å²) in [5.41, 5.74) is 9.73. The molecule has 0 aliphatic carbocycles. The Kier molecular flexibility index (Phi) is 7.64. The van der Waals surface area contributed by atoms with E-state index in [0.717, 1.165) is 80.1 Å². The molecule has 0 spiro atoms. The maximum absolute atomic E-state index is 11.8. The molecule has 52 heavy (non-hydrogen) atoms. The molecule has 0 fully saturated rings. The van der Waals surface area contributed by atoms with Gasteiger partial charge in [0.15, 0.2) is 23.0 Å². The lowest BCUT2D eigenvalue weighted by Gasteiger charge is -2.33. The van der Waals surface area contributed by atoms with Gasteiger partial charge in [-0.1, -0.05) is 24.3 Å². The van der Waals surface area contributed by atoms with Crippen LogP contribution in [0.25, 0.3) is 21.8 Å². The highest BCUT2D eigenvalue weighted by Crippen LogP contribution is 2.48. The molecule has 4 aromatic carbocycles. The third kappa shape index (κ3) is 4.69. The molecule has 2 atom stereocenters. The normalized spacial score (nSPS) is 17.9. The van der Waals surface area contributed by atoms with Crippen molar-refractivity contribution in [1.29, 1.82) is 0 Å². The molecule has 3 aliphatic heterocycles.